The average Bonchev–Trinajstić information content (AvgIpc) is 2.99. The topological polar surface area (TPSA) is 94.9 Å². The summed E-state index contributed by atoms with van der Waals surface area (Å²) in [6.07, 6.45) is 2.64. The fourth-order valence-electron chi connectivity index (χ4n) is 3.62. The van der Waals surface area contributed by atoms with Gasteiger partial charge in [-0.2, -0.15) is 0 Å². The van der Waals surface area contributed by atoms with Crippen LogP contribution < -0.4 is 10.9 Å². The van der Waals surface area contributed by atoms with Crippen LogP contribution in [0.2, 0.25) is 0 Å². The highest BCUT2D eigenvalue weighted by molar-refractivity contribution is 5.94. The van der Waals surface area contributed by atoms with Gasteiger partial charge in [0.05, 0.1) is 30.0 Å². The normalized spacial score (nSPS) is 20.3. The van der Waals surface area contributed by atoms with Crippen LogP contribution in [0.3, 0.4) is 0 Å². The van der Waals surface area contributed by atoms with Crippen molar-refractivity contribution in [3.63, 3.8) is 0 Å². The van der Waals surface area contributed by atoms with Crippen molar-refractivity contribution in [2.45, 2.75) is 45.2 Å². The SMILES string of the molecule is Cn1cc(C2OC(C)(C)C(C)(C)O2)cc(Nc2ccc(C(=O)N3CCOCC3)cn2)c1=O. The van der Waals surface area contributed by atoms with Crippen LogP contribution in [0.15, 0.2) is 35.4 Å². The fraction of sp³-hybridized carbons (Fsp3) is 0.522. The molecule has 0 saturated carbocycles. The lowest BCUT2D eigenvalue weighted by molar-refractivity contribution is -0.0898. The molecule has 2 fully saturated rings. The van der Waals surface area contributed by atoms with Gasteiger partial charge in [0.25, 0.3) is 11.5 Å². The lowest BCUT2D eigenvalue weighted by atomic mass is 9.90. The number of hydrogen-bond donors (Lipinski definition) is 1. The van der Waals surface area contributed by atoms with Crippen molar-refractivity contribution < 1.29 is 19.0 Å². The molecule has 4 heterocycles. The Morgan fingerprint density at radius 1 is 1.12 bits per heavy atom. The smallest absolute Gasteiger partial charge is 0.274 e. The zero-order valence-electron chi connectivity index (χ0n) is 19.2. The van der Waals surface area contributed by atoms with Gasteiger partial charge >= 0.3 is 0 Å². The number of carbonyl (C=O) groups excluding carboxylic acids is 1. The van der Waals surface area contributed by atoms with Gasteiger partial charge in [-0.1, -0.05) is 0 Å². The molecular weight excluding hydrogens is 412 g/mol. The Morgan fingerprint density at radius 3 is 2.38 bits per heavy atom. The van der Waals surface area contributed by atoms with Crippen LogP contribution >= 0.6 is 0 Å². The first kappa shape index (κ1) is 22.4. The molecule has 1 N–H and O–H groups in total. The number of nitrogens with zero attached hydrogens (tertiary/aromatic N) is 3. The second-order valence-electron chi connectivity index (χ2n) is 9.15. The number of morpholine rings is 1. The highest BCUT2D eigenvalue weighted by atomic mass is 16.7. The summed E-state index contributed by atoms with van der Waals surface area (Å²) in [4.78, 5) is 31.4. The van der Waals surface area contributed by atoms with Crippen LogP contribution in [0.5, 0.6) is 0 Å². The number of pyridine rings is 2. The van der Waals surface area contributed by atoms with E-state index in [2.05, 4.69) is 10.3 Å². The van der Waals surface area contributed by atoms with Gasteiger partial charge in [-0.3, -0.25) is 9.59 Å². The number of carbonyl (C=O) groups is 1. The van der Waals surface area contributed by atoms with Crippen LogP contribution in [-0.2, 0) is 21.3 Å². The third-order valence-corrected chi connectivity index (χ3v) is 6.30. The molecule has 2 saturated heterocycles. The van der Waals surface area contributed by atoms with Gasteiger partial charge in [0.15, 0.2) is 6.29 Å². The van der Waals surface area contributed by atoms with E-state index in [4.69, 9.17) is 14.2 Å². The van der Waals surface area contributed by atoms with Gasteiger partial charge < -0.3 is 29.0 Å². The molecule has 0 radical (unpaired) electrons. The molecule has 32 heavy (non-hydrogen) atoms. The summed E-state index contributed by atoms with van der Waals surface area (Å²) in [5.41, 5.74) is 0.401. The molecule has 2 aliphatic heterocycles. The van der Waals surface area contributed by atoms with E-state index in [-0.39, 0.29) is 11.5 Å². The molecule has 0 bridgehead atoms. The first-order valence-corrected chi connectivity index (χ1v) is 10.7. The van der Waals surface area contributed by atoms with Gasteiger partial charge in [0.2, 0.25) is 0 Å². The van der Waals surface area contributed by atoms with E-state index in [9.17, 15) is 9.59 Å². The fourth-order valence-corrected chi connectivity index (χ4v) is 3.62. The summed E-state index contributed by atoms with van der Waals surface area (Å²) in [6, 6.07) is 5.11. The van der Waals surface area contributed by atoms with Gasteiger partial charge in [-0.15, -0.1) is 0 Å². The van der Waals surface area contributed by atoms with Gasteiger partial charge in [0, 0.05) is 38.1 Å². The predicted molar refractivity (Wildman–Crippen MR) is 119 cm³/mol. The molecule has 0 aliphatic carbocycles. The Bertz CT molecular complexity index is 1040. The maximum absolute atomic E-state index is 12.7. The Labute approximate surface area is 187 Å². The van der Waals surface area contributed by atoms with Crippen LogP contribution in [0, 0.1) is 0 Å². The summed E-state index contributed by atoms with van der Waals surface area (Å²) in [6.45, 7) is 10.2. The van der Waals surface area contributed by atoms with Crippen molar-refractivity contribution in [1.29, 1.82) is 0 Å². The van der Waals surface area contributed by atoms with Crippen molar-refractivity contribution in [2.75, 3.05) is 31.6 Å². The predicted octanol–water partition coefficient (Wildman–Crippen LogP) is 2.60. The van der Waals surface area contributed by atoms with E-state index >= 15 is 0 Å². The molecule has 0 spiro atoms. The Balaban J connectivity index is 1.53. The monoisotopic (exact) mass is 442 g/mol. The largest absolute Gasteiger partial charge is 0.378 e. The molecule has 2 aromatic heterocycles. The molecule has 9 nitrogen and oxygen atoms in total. The number of aromatic nitrogens is 2. The van der Waals surface area contributed by atoms with E-state index in [0.717, 1.165) is 5.56 Å². The Hall–Kier alpha value is -2.75. The molecule has 0 atom stereocenters. The number of rotatable bonds is 4. The summed E-state index contributed by atoms with van der Waals surface area (Å²) in [7, 11) is 1.68. The summed E-state index contributed by atoms with van der Waals surface area (Å²) in [5.74, 6) is 0.387. The molecule has 0 aromatic carbocycles. The minimum atomic E-state index is -0.589. The zero-order valence-corrected chi connectivity index (χ0v) is 19.2. The number of amides is 1. The number of ether oxygens (including phenoxy) is 3. The first-order chi connectivity index (χ1) is 15.1. The molecule has 4 rings (SSSR count). The van der Waals surface area contributed by atoms with Crippen molar-refractivity contribution in [2.24, 2.45) is 7.05 Å². The zero-order chi connectivity index (χ0) is 23.1. The van der Waals surface area contributed by atoms with E-state index in [0.29, 0.717) is 43.4 Å². The van der Waals surface area contributed by atoms with E-state index in [1.54, 1.807) is 36.3 Å². The van der Waals surface area contributed by atoms with Crippen LogP contribution in [-0.4, -0.2) is 57.9 Å². The van der Waals surface area contributed by atoms with E-state index in [1.807, 2.05) is 27.7 Å². The standard InChI is InChI=1S/C23H30N4O5/c1-22(2)23(3,4)32-21(31-22)16-12-17(20(29)26(5)14-16)25-18-7-6-15(13-24-18)19(28)27-8-10-30-11-9-27/h6-7,12-14,21H,8-11H2,1-5H3,(H,24,25). The average molecular weight is 443 g/mol. The Kier molecular flexibility index (Phi) is 5.83. The van der Waals surface area contributed by atoms with Crippen molar-refractivity contribution >= 4 is 17.4 Å². The van der Waals surface area contributed by atoms with Crippen LogP contribution in [0.25, 0.3) is 0 Å². The number of anilines is 2. The Morgan fingerprint density at radius 2 is 1.78 bits per heavy atom. The third kappa shape index (κ3) is 4.28. The summed E-state index contributed by atoms with van der Waals surface area (Å²) in [5, 5.41) is 3.06. The third-order valence-electron chi connectivity index (χ3n) is 6.30. The lowest BCUT2D eigenvalue weighted by Gasteiger charge is -2.30. The van der Waals surface area contributed by atoms with Crippen molar-refractivity contribution in [3.8, 4) is 0 Å². The highest BCUT2D eigenvalue weighted by Crippen LogP contribution is 2.44. The number of aryl methyl sites for hydroxylation is 1. The molecular formula is C23H30N4O5. The molecule has 172 valence electrons. The summed E-state index contributed by atoms with van der Waals surface area (Å²) >= 11 is 0. The van der Waals surface area contributed by atoms with Crippen molar-refractivity contribution in [1.82, 2.24) is 14.5 Å². The molecule has 2 aliphatic rings. The van der Waals surface area contributed by atoms with Gasteiger partial charge in [0.1, 0.15) is 11.5 Å². The quantitative estimate of drug-likeness (QED) is 0.778. The first-order valence-electron chi connectivity index (χ1n) is 10.7. The van der Waals surface area contributed by atoms with Crippen LogP contribution in [0.1, 0.15) is 49.9 Å². The number of hydrogen-bond acceptors (Lipinski definition) is 7. The highest BCUT2D eigenvalue weighted by Gasteiger charge is 2.49. The molecule has 2 aromatic rings. The second-order valence-corrected chi connectivity index (χ2v) is 9.15. The van der Waals surface area contributed by atoms with E-state index in [1.165, 1.54) is 10.8 Å². The van der Waals surface area contributed by atoms with E-state index < -0.39 is 17.5 Å². The maximum Gasteiger partial charge on any atom is 0.274 e. The lowest BCUT2D eigenvalue weighted by Crippen LogP contribution is -2.41. The minimum absolute atomic E-state index is 0.0778. The van der Waals surface area contributed by atoms with Gasteiger partial charge in [-0.25, -0.2) is 4.98 Å². The molecule has 0 unspecified atom stereocenters. The van der Waals surface area contributed by atoms with Gasteiger partial charge in [-0.05, 0) is 45.9 Å². The van der Waals surface area contributed by atoms with Crippen LogP contribution in [0.4, 0.5) is 11.5 Å². The second kappa shape index (κ2) is 8.31. The maximum atomic E-state index is 12.7. The minimum Gasteiger partial charge on any atom is -0.378 e. The molecule has 9 heteroatoms. The summed E-state index contributed by atoms with van der Waals surface area (Å²) < 4.78 is 19.0. The molecule has 1 amide bonds. The van der Waals surface area contributed by atoms with Crippen molar-refractivity contribution in [3.05, 3.63) is 52.1 Å². The number of nitrogens with one attached hydrogen (secondary N) is 1.